The molecule has 0 bridgehead atoms. The van der Waals surface area contributed by atoms with Crippen molar-refractivity contribution in [3.8, 4) is 0 Å². The van der Waals surface area contributed by atoms with Gasteiger partial charge in [-0.25, -0.2) is 0 Å². The normalized spacial score (nSPS) is 8.86. The summed E-state index contributed by atoms with van der Waals surface area (Å²) < 4.78 is 12.3. The van der Waals surface area contributed by atoms with E-state index in [0.29, 0.717) is 0 Å². The highest BCUT2D eigenvalue weighted by Gasteiger charge is 1.86. The molecule has 0 spiro atoms. The van der Waals surface area contributed by atoms with Gasteiger partial charge < -0.3 is 0 Å². The lowest BCUT2D eigenvalue weighted by Crippen LogP contribution is -1.35. The molecule has 0 aliphatic rings. The molecule has 0 radical (unpaired) electrons. The van der Waals surface area contributed by atoms with Gasteiger partial charge in [0.1, 0.15) is 0 Å². The standard InChI is InChI=1S/CH3O2P.Cl2O/c1-4(2)3;1-3-2/h1H3;/p+1. The Bertz CT molecular complexity index is 44.2. The second-order valence-corrected chi connectivity index (χ2v) is 1.92. The van der Waals surface area contributed by atoms with Crippen LogP contribution in [0, 0.1) is 0 Å². The summed E-state index contributed by atoms with van der Waals surface area (Å²) in [4.78, 5) is 7.56. The Morgan fingerprint density at radius 3 is 1.71 bits per heavy atom. The van der Waals surface area contributed by atoms with Crippen molar-refractivity contribution in [1.82, 2.24) is 0 Å². The molecule has 1 unspecified atom stereocenters. The summed E-state index contributed by atoms with van der Waals surface area (Å²) in [5, 5.41) is 0. The predicted molar refractivity (Wildman–Crippen MR) is 28.5 cm³/mol. The van der Waals surface area contributed by atoms with Crippen LogP contribution in [0.3, 0.4) is 0 Å². The lowest BCUT2D eigenvalue weighted by molar-refractivity contribution is 0.509. The van der Waals surface area contributed by atoms with Gasteiger partial charge in [-0.2, -0.15) is 8.74 Å². The van der Waals surface area contributed by atoms with Crippen LogP contribution in [0.15, 0.2) is 0 Å². The zero-order valence-electron chi connectivity index (χ0n) is 3.47. The third-order valence-corrected chi connectivity index (χ3v) is 0. The zero-order chi connectivity index (χ0) is 6.28. The van der Waals surface area contributed by atoms with E-state index in [2.05, 4.69) is 27.6 Å². The second-order valence-electron chi connectivity index (χ2n) is 0.523. The molecule has 0 fully saturated rings. The molecule has 0 rings (SSSR count). The average molecular weight is 166 g/mol. The molecule has 7 heavy (non-hydrogen) atoms. The number of hydrogen-bond donors (Lipinski definition) is 1. The van der Waals surface area contributed by atoms with Crippen molar-refractivity contribution in [2.45, 2.75) is 0 Å². The molecule has 44 valence electrons. The fourth-order valence-corrected chi connectivity index (χ4v) is 0. The molecule has 0 aliphatic carbocycles. The van der Waals surface area contributed by atoms with Gasteiger partial charge in [-0.05, 0) is 4.57 Å². The summed E-state index contributed by atoms with van der Waals surface area (Å²) in [7, 11) is -1.87. The number of hydrogen-bond acceptors (Lipinski definition) is 2. The summed E-state index contributed by atoms with van der Waals surface area (Å²) >= 11 is 8.53. The fraction of sp³-hybridized carbons (Fsp3) is 1.00. The topological polar surface area (TPSA) is 46.5 Å². The minimum Gasteiger partial charge on any atom is -0.166 e. The van der Waals surface area contributed by atoms with E-state index in [-0.39, 0.29) is 0 Å². The molecule has 0 heterocycles. The van der Waals surface area contributed by atoms with Gasteiger partial charge in [-0.15, -0.1) is 0 Å². The molecule has 0 amide bonds. The summed E-state index contributed by atoms with van der Waals surface area (Å²) in [6.45, 7) is 1.23. The highest BCUT2D eigenvalue weighted by molar-refractivity contribution is 7.36. The predicted octanol–water partition coefficient (Wildman–Crippen LogP) is 1.66. The Kier molecular flexibility index (Phi) is 14.8. The van der Waals surface area contributed by atoms with Gasteiger partial charge in [0.15, 0.2) is 6.66 Å². The number of halogens is 2. The van der Waals surface area contributed by atoms with Crippen LogP contribution in [0.5, 0.6) is 0 Å². The van der Waals surface area contributed by atoms with E-state index in [1.165, 1.54) is 6.66 Å². The Balaban J connectivity index is 0. The first-order valence-corrected chi connectivity index (χ1v) is 3.42. The second kappa shape index (κ2) is 9.78. The fourth-order valence-electron chi connectivity index (χ4n) is 0. The lowest BCUT2D eigenvalue weighted by Gasteiger charge is -1.46. The van der Waals surface area contributed by atoms with Gasteiger partial charge in [0, 0.05) is 0 Å². The van der Waals surface area contributed by atoms with Crippen LogP contribution in [0.2, 0.25) is 0 Å². The Labute approximate surface area is 52.4 Å². The van der Waals surface area contributed by atoms with Crippen molar-refractivity contribution in [1.29, 1.82) is 0 Å². The molecular formula is CH4Cl2O3P+. The van der Waals surface area contributed by atoms with Crippen LogP contribution < -0.4 is 0 Å². The lowest BCUT2D eigenvalue weighted by atomic mass is 12.0. The van der Waals surface area contributed by atoms with Gasteiger partial charge in [0.05, 0.1) is 23.7 Å². The van der Waals surface area contributed by atoms with Crippen LogP contribution in [0.4, 0.5) is 0 Å². The van der Waals surface area contributed by atoms with E-state index in [4.69, 9.17) is 9.46 Å². The van der Waals surface area contributed by atoms with Crippen LogP contribution in [-0.4, -0.2) is 11.6 Å². The maximum atomic E-state index is 9.15. The first-order valence-electron chi connectivity index (χ1n) is 1.14. The van der Waals surface area contributed by atoms with Gasteiger partial charge in [-0.3, -0.25) is 0 Å². The maximum Gasteiger partial charge on any atom is 0.502 e. The number of rotatable bonds is 0. The summed E-state index contributed by atoms with van der Waals surface area (Å²) in [6, 6.07) is 0. The first kappa shape index (κ1) is 10.6. The molecule has 1 N–H and O–H groups in total. The quantitative estimate of drug-likeness (QED) is 0.556. The molecule has 0 aromatic carbocycles. The third-order valence-electron chi connectivity index (χ3n) is 0. The van der Waals surface area contributed by atoms with E-state index < -0.39 is 8.03 Å². The van der Waals surface area contributed by atoms with E-state index in [9.17, 15) is 0 Å². The highest BCUT2D eigenvalue weighted by Crippen LogP contribution is 1.99. The average Bonchev–Trinajstić information content (AvgIpc) is 1.33. The van der Waals surface area contributed by atoms with Crippen LogP contribution >= 0.6 is 31.8 Å². The molecule has 6 heteroatoms. The first-order chi connectivity index (χ1) is 3.15. The maximum absolute atomic E-state index is 9.15. The minimum absolute atomic E-state index is 1.23. The summed E-state index contributed by atoms with van der Waals surface area (Å²) in [5.74, 6) is 0. The Hall–Kier alpha value is 0.600. The van der Waals surface area contributed by atoms with E-state index in [0.717, 1.165) is 0 Å². The molecule has 0 aromatic rings. The zero-order valence-corrected chi connectivity index (χ0v) is 5.87. The van der Waals surface area contributed by atoms with Crippen molar-refractivity contribution in [2.24, 2.45) is 0 Å². The smallest absolute Gasteiger partial charge is 0.166 e. The van der Waals surface area contributed by atoms with Gasteiger partial charge >= 0.3 is 8.03 Å². The largest absolute Gasteiger partial charge is 0.502 e. The van der Waals surface area contributed by atoms with Gasteiger partial charge in [0.25, 0.3) is 0 Å². The Morgan fingerprint density at radius 2 is 1.71 bits per heavy atom. The molecule has 0 saturated carbocycles. The van der Waals surface area contributed by atoms with Crippen molar-refractivity contribution in [2.75, 3.05) is 6.66 Å². The molecular weight excluding hydrogens is 162 g/mol. The highest BCUT2D eigenvalue weighted by atomic mass is 35.6. The summed E-state index contributed by atoms with van der Waals surface area (Å²) in [6.07, 6.45) is 0. The van der Waals surface area contributed by atoms with Gasteiger partial charge in [0.2, 0.25) is 0 Å². The molecule has 1 atom stereocenters. The van der Waals surface area contributed by atoms with E-state index in [1.807, 2.05) is 0 Å². The molecule has 0 aromatic heterocycles. The third kappa shape index (κ3) is 388. The van der Waals surface area contributed by atoms with Gasteiger partial charge in [-0.1, -0.05) is 0 Å². The molecule has 0 saturated heterocycles. The van der Waals surface area contributed by atoms with Crippen LogP contribution in [0.1, 0.15) is 0 Å². The minimum atomic E-state index is -1.87. The van der Waals surface area contributed by atoms with Crippen molar-refractivity contribution >= 4 is 31.8 Å². The van der Waals surface area contributed by atoms with Crippen LogP contribution in [0.25, 0.3) is 0 Å². The van der Waals surface area contributed by atoms with E-state index >= 15 is 0 Å². The van der Waals surface area contributed by atoms with Crippen molar-refractivity contribution in [3.63, 3.8) is 0 Å². The van der Waals surface area contributed by atoms with Crippen molar-refractivity contribution in [3.05, 3.63) is 0 Å². The summed E-state index contributed by atoms with van der Waals surface area (Å²) in [5.41, 5.74) is 0. The SMILES string of the molecule is C[P+](=O)O.ClOCl. The molecule has 3 nitrogen and oxygen atoms in total. The monoisotopic (exact) mass is 165 g/mol. The van der Waals surface area contributed by atoms with E-state index in [1.54, 1.807) is 0 Å². The van der Waals surface area contributed by atoms with Crippen LogP contribution in [-0.2, 0) is 8.41 Å². The van der Waals surface area contributed by atoms with Crippen molar-refractivity contribution < 1.29 is 13.3 Å². The Morgan fingerprint density at radius 1 is 1.71 bits per heavy atom. The molecule has 0 aliphatic heterocycles.